The van der Waals surface area contributed by atoms with Crippen LogP contribution in [0, 0.1) is 0 Å². The molecule has 0 aliphatic carbocycles. The topological polar surface area (TPSA) is 52.7 Å². The van der Waals surface area contributed by atoms with Gasteiger partial charge in [0.25, 0.3) is 11.8 Å². The number of carbonyl (C=O) groups excluding carboxylic acids is 2. The Labute approximate surface area is 128 Å². The highest BCUT2D eigenvalue weighted by Gasteiger charge is 2.34. The number of hydrogen-bond acceptors (Lipinski definition) is 4. The first kappa shape index (κ1) is 14.1. The normalized spacial score (nSPS) is 20.1. The number of rotatable bonds is 3. The van der Waals surface area contributed by atoms with Gasteiger partial charge in [-0.3, -0.25) is 19.8 Å². The maximum Gasteiger partial charge on any atom is 0.276 e. The zero-order valence-corrected chi connectivity index (χ0v) is 12.3. The van der Waals surface area contributed by atoms with Gasteiger partial charge in [-0.2, -0.15) is 0 Å². The Morgan fingerprint density at radius 3 is 2.24 bits per heavy atom. The molecule has 2 aliphatic heterocycles. The second-order valence-corrected chi connectivity index (χ2v) is 5.57. The van der Waals surface area contributed by atoms with Crippen LogP contribution in [0.3, 0.4) is 0 Å². The van der Waals surface area contributed by atoms with E-state index in [-0.39, 0.29) is 10.9 Å². The quantitative estimate of drug-likeness (QED) is 0.844. The van der Waals surface area contributed by atoms with Crippen LogP contribution in [0.1, 0.15) is 5.56 Å². The smallest absolute Gasteiger partial charge is 0.276 e. The first-order valence-corrected chi connectivity index (χ1v) is 7.29. The van der Waals surface area contributed by atoms with E-state index in [4.69, 9.17) is 11.6 Å². The molecule has 1 aromatic carbocycles. The maximum atomic E-state index is 11.7. The Bertz CT molecular complexity index is 592. The van der Waals surface area contributed by atoms with Gasteiger partial charge in [0, 0.05) is 32.7 Å². The van der Waals surface area contributed by atoms with Crippen molar-refractivity contribution in [1.29, 1.82) is 0 Å². The lowest BCUT2D eigenvalue weighted by Crippen LogP contribution is -2.46. The molecular formula is C15H16ClN3O2. The van der Waals surface area contributed by atoms with Crippen molar-refractivity contribution in [1.82, 2.24) is 15.1 Å². The van der Waals surface area contributed by atoms with Gasteiger partial charge >= 0.3 is 0 Å². The molecule has 3 rings (SSSR count). The van der Waals surface area contributed by atoms with E-state index >= 15 is 0 Å². The molecule has 110 valence electrons. The average Bonchev–Trinajstić information content (AvgIpc) is 2.74. The first-order chi connectivity index (χ1) is 10.1. The summed E-state index contributed by atoms with van der Waals surface area (Å²) in [7, 11) is 0. The third-order valence-corrected chi connectivity index (χ3v) is 4.14. The second kappa shape index (κ2) is 5.87. The molecule has 0 spiro atoms. The molecule has 1 saturated heterocycles. The SMILES string of the molecule is O=C1NC(=O)C(N2CCN(Cc3ccccc3)CC2)=C1Cl. The highest BCUT2D eigenvalue weighted by molar-refractivity contribution is 6.47. The minimum Gasteiger partial charge on any atom is -0.363 e. The van der Waals surface area contributed by atoms with Gasteiger partial charge in [0.2, 0.25) is 0 Å². The van der Waals surface area contributed by atoms with Crippen LogP contribution in [0.2, 0.25) is 0 Å². The van der Waals surface area contributed by atoms with Crippen molar-refractivity contribution in [2.24, 2.45) is 0 Å². The molecule has 5 nitrogen and oxygen atoms in total. The van der Waals surface area contributed by atoms with Gasteiger partial charge in [-0.15, -0.1) is 0 Å². The molecular weight excluding hydrogens is 290 g/mol. The summed E-state index contributed by atoms with van der Waals surface area (Å²) in [4.78, 5) is 27.3. The summed E-state index contributed by atoms with van der Waals surface area (Å²) in [6.07, 6.45) is 0. The van der Waals surface area contributed by atoms with Gasteiger partial charge in [0.1, 0.15) is 10.7 Å². The molecule has 21 heavy (non-hydrogen) atoms. The first-order valence-electron chi connectivity index (χ1n) is 6.92. The van der Waals surface area contributed by atoms with E-state index in [0.717, 1.165) is 19.6 Å². The van der Waals surface area contributed by atoms with Crippen molar-refractivity contribution in [3.05, 3.63) is 46.6 Å². The lowest BCUT2D eigenvalue weighted by molar-refractivity contribution is -0.124. The van der Waals surface area contributed by atoms with E-state index in [0.29, 0.717) is 18.8 Å². The molecule has 0 unspecified atom stereocenters. The summed E-state index contributed by atoms with van der Waals surface area (Å²) >= 11 is 5.91. The van der Waals surface area contributed by atoms with Crippen LogP contribution in [-0.2, 0) is 16.1 Å². The summed E-state index contributed by atoms with van der Waals surface area (Å²) in [6.45, 7) is 3.96. The Kier molecular flexibility index (Phi) is 3.94. The summed E-state index contributed by atoms with van der Waals surface area (Å²) < 4.78 is 0. The summed E-state index contributed by atoms with van der Waals surface area (Å²) in [6, 6.07) is 10.3. The van der Waals surface area contributed by atoms with Crippen LogP contribution in [0.25, 0.3) is 0 Å². The lowest BCUT2D eigenvalue weighted by Gasteiger charge is -2.36. The second-order valence-electron chi connectivity index (χ2n) is 5.19. The number of carbonyl (C=O) groups is 2. The molecule has 2 amide bonds. The van der Waals surface area contributed by atoms with E-state index in [1.165, 1.54) is 5.56 Å². The van der Waals surface area contributed by atoms with Crippen molar-refractivity contribution in [2.75, 3.05) is 26.2 Å². The predicted octanol–water partition coefficient (Wildman–Crippen LogP) is 0.911. The van der Waals surface area contributed by atoms with Crippen molar-refractivity contribution in [3.8, 4) is 0 Å². The average molecular weight is 306 g/mol. The van der Waals surface area contributed by atoms with E-state index in [1.807, 2.05) is 23.1 Å². The Morgan fingerprint density at radius 2 is 1.67 bits per heavy atom. The minimum atomic E-state index is -0.497. The van der Waals surface area contributed by atoms with Crippen molar-refractivity contribution >= 4 is 23.4 Å². The Morgan fingerprint density at radius 1 is 1.00 bits per heavy atom. The Hall–Kier alpha value is -1.85. The fourth-order valence-electron chi connectivity index (χ4n) is 2.68. The molecule has 0 radical (unpaired) electrons. The molecule has 0 saturated carbocycles. The Balaban J connectivity index is 1.61. The number of hydrogen-bond donors (Lipinski definition) is 1. The lowest BCUT2D eigenvalue weighted by atomic mass is 10.2. The monoisotopic (exact) mass is 305 g/mol. The van der Waals surface area contributed by atoms with Crippen molar-refractivity contribution in [3.63, 3.8) is 0 Å². The van der Waals surface area contributed by atoms with Crippen LogP contribution < -0.4 is 5.32 Å². The van der Waals surface area contributed by atoms with E-state index in [1.54, 1.807) is 0 Å². The molecule has 2 heterocycles. The number of amides is 2. The third kappa shape index (κ3) is 2.94. The van der Waals surface area contributed by atoms with Gasteiger partial charge in [0.15, 0.2) is 0 Å². The van der Waals surface area contributed by atoms with Gasteiger partial charge in [-0.1, -0.05) is 41.9 Å². The largest absolute Gasteiger partial charge is 0.363 e. The third-order valence-electron chi connectivity index (χ3n) is 3.79. The van der Waals surface area contributed by atoms with Crippen LogP contribution in [-0.4, -0.2) is 47.8 Å². The van der Waals surface area contributed by atoms with Crippen molar-refractivity contribution < 1.29 is 9.59 Å². The molecule has 1 fully saturated rings. The molecule has 0 atom stereocenters. The number of imide groups is 1. The zero-order chi connectivity index (χ0) is 14.8. The molecule has 6 heteroatoms. The van der Waals surface area contributed by atoms with Gasteiger partial charge in [-0.25, -0.2) is 0 Å². The van der Waals surface area contributed by atoms with Gasteiger partial charge in [0.05, 0.1) is 0 Å². The fourth-order valence-corrected chi connectivity index (χ4v) is 2.93. The minimum absolute atomic E-state index is 0.0107. The van der Waals surface area contributed by atoms with E-state index in [2.05, 4.69) is 22.3 Å². The number of piperazine rings is 1. The van der Waals surface area contributed by atoms with Gasteiger partial charge in [-0.05, 0) is 5.56 Å². The van der Waals surface area contributed by atoms with E-state index in [9.17, 15) is 9.59 Å². The van der Waals surface area contributed by atoms with E-state index < -0.39 is 5.91 Å². The highest BCUT2D eigenvalue weighted by atomic mass is 35.5. The summed E-state index contributed by atoms with van der Waals surface area (Å²) in [5, 5.41) is 2.24. The summed E-state index contributed by atoms with van der Waals surface area (Å²) in [5.41, 5.74) is 1.60. The van der Waals surface area contributed by atoms with Crippen LogP contribution in [0.5, 0.6) is 0 Å². The highest BCUT2D eigenvalue weighted by Crippen LogP contribution is 2.22. The number of benzene rings is 1. The molecule has 0 bridgehead atoms. The number of nitrogens with zero attached hydrogens (tertiary/aromatic N) is 2. The standard InChI is InChI=1S/C15H16ClN3O2/c16-12-13(15(21)17-14(12)20)19-8-6-18(7-9-19)10-11-4-2-1-3-5-11/h1-5H,6-10H2,(H,17,20,21). The summed E-state index contributed by atoms with van der Waals surface area (Å²) in [5.74, 6) is -0.884. The molecule has 1 aromatic rings. The number of nitrogens with one attached hydrogen (secondary N) is 1. The number of halogens is 1. The zero-order valence-electron chi connectivity index (χ0n) is 11.5. The van der Waals surface area contributed by atoms with Crippen LogP contribution in [0.15, 0.2) is 41.1 Å². The van der Waals surface area contributed by atoms with Crippen molar-refractivity contribution in [2.45, 2.75) is 6.54 Å². The molecule has 0 aromatic heterocycles. The van der Waals surface area contributed by atoms with Gasteiger partial charge < -0.3 is 4.90 Å². The van der Waals surface area contributed by atoms with Crippen LogP contribution >= 0.6 is 11.6 Å². The predicted molar refractivity (Wildman–Crippen MR) is 79.3 cm³/mol. The fraction of sp³-hybridized carbons (Fsp3) is 0.333. The van der Waals surface area contributed by atoms with Crippen LogP contribution in [0.4, 0.5) is 0 Å². The molecule has 2 aliphatic rings. The molecule has 1 N–H and O–H groups in total. The maximum absolute atomic E-state index is 11.7.